The number of hydrogen-bond donors (Lipinski definition) is 1. The van der Waals surface area contributed by atoms with Crippen molar-refractivity contribution in [1.29, 1.82) is 0 Å². The summed E-state index contributed by atoms with van der Waals surface area (Å²) in [5.41, 5.74) is 2.01. The monoisotopic (exact) mass is 354 g/mol. The third-order valence-electron chi connectivity index (χ3n) is 2.95. The molecular weight excluding hydrogens is 339 g/mol. The van der Waals surface area contributed by atoms with Gasteiger partial charge in [-0.15, -0.1) is 11.8 Å². The van der Waals surface area contributed by atoms with Gasteiger partial charge in [0.25, 0.3) is 0 Å². The Balaban J connectivity index is 1.91. The molecule has 0 heterocycles. The minimum Gasteiger partial charge on any atom is -0.392 e. The molecule has 0 aromatic heterocycles. The van der Waals surface area contributed by atoms with Crippen LogP contribution in [0.3, 0.4) is 0 Å². The largest absolute Gasteiger partial charge is 0.392 e. The predicted octanol–water partition coefficient (Wildman–Crippen LogP) is 4.59. The number of benzene rings is 2. The Morgan fingerprint density at radius 2 is 1.90 bits per heavy atom. The molecule has 0 spiro atoms. The Bertz CT molecular complexity index is 571. The molecule has 1 atom stereocenters. The fraction of sp³-hybridized carbons (Fsp3) is 0.250. The smallest absolute Gasteiger partial charge is 0.137 e. The Hall–Kier alpha value is -0.840. The number of rotatable bonds is 5. The summed E-state index contributed by atoms with van der Waals surface area (Å²) in [6.07, 6.45) is -0.0589. The molecule has 1 nitrogen and oxygen atoms in total. The van der Waals surface area contributed by atoms with Gasteiger partial charge < -0.3 is 5.11 Å². The van der Waals surface area contributed by atoms with E-state index in [2.05, 4.69) is 28.1 Å². The summed E-state index contributed by atoms with van der Waals surface area (Å²) in [4.78, 5) is 1.13. The van der Waals surface area contributed by atoms with Gasteiger partial charge in [0.1, 0.15) is 5.82 Å². The number of hydrogen-bond acceptors (Lipinski definition) is 2. The first kappa shape index (κ1) is 15.5. The summed E-state index contributed by atoms with van der Waals surface area (Å²) >= 11 is 4.83. The van der Waals surface area contributed by atoms with Crippen LogP contribution in [0, 0.1) is 12.7 Å². The average molecular weight is 355 g/mol. The van der Waals surface area contributed by atoms with Gasteiger partial charge in [-0.3, -0.25) is 0 Å². The standard InChI is InChI=1S/C16H16BrFOS/c1-11-5-7-14(8-6-11)20-10-13(19)9-12-3-2-4-15(18)16(12)17/h2-8,13,19H,9-10H2,1H3. The molecule has 0 aliphatic heterocycles. The maximum atomic E-state index is 13.4. The van der Waals surface area contributed by atoms with Crippen molar-refractivity contribution in [3.63, 3.8) is 0 Å². The van der Waals surface area contributed by atoms with Gasteiger partial charge >= 0.3 is 0 Å². The van der Waals surface area contributed by atoms with Gasteiger partial charge in [0.15, 0.2) is 0 Å². The highest BCUT2D eigenvalue weighted by Gasteiger charge is 2.11. The van der Waals surface area contributed by atoms with Crippen LogP contribution < -0.4 is 0 Å². The van der Waals surface area contributed by atoms with E-state index in [1.165, 1.54) is 11.6 Å². The summed E-state index contributed by atoms with van der Waals surface area (Å²) < 4.78 is 13.8. The molecule has 0 aliphatic carbocycles. The van der Waals surface area contributed by atoms with Crippen molar-refractivity contribution in [1.82, 2.24) is 0 Å². The summed E-state index contributed by atoms with van der Waals surface area (Å²) in [7, 11) is 0. The van der Waals surface area contributed by atoms with E-state index in [9.17, 15) is 9.50 Å². The Morgan fingerprint density at radius 3 is 2.60 bits per heavy atom. The van der Waals surface area contributed by atoms with Crippen LogP contribution in [0.15, 0.2) is 51.8 Å². The topological polar surface area (TPSA) is 20.2 Å². The van der Waals surface area contributed by atoms with E-state index in [1.807, 2.05) is 25.1 Å². The molecule has 106 valence electrons. The SMILES string of the molecule is Cc1ccc(SCC(O)Cc2cccc(F)c2Br)cc1. The second-order valence-electron chi connectivity index (χ2n) is 4.69. The normalized spacial score (nSPS) is 12.4. The fourth-order valence-electron chi connectivity index (χ4n) is 1.85. The van der Waals surface area contributed by atoms with Crippen LogP contribution in [0.2, 0.25) is 0 Å². The molecule has 0 bridgehead atoms. The van der Waals surface area contributed by atoms with E-state index in [-0.39, 0.29) is 5.82 Å². The molecule has 1 unspecified atom stereocenters. The van der Waals surface area contributed by atoms with Crippen molar-refractivity contribution in [2.75, 3.05) is 5.75 Å². The quantitative estimate of drug-likeness (QED) is 0.792. The molecule has 2 rings (SSSR count). The molecule has 20 heavy (non-hydrogen) atoms. The lowest BCUT2D eigenvalue weighted by Crippen LogP contribution is -2.14. The van der Waals surface area contributed by atoms with E-state index >= 15 is 0 Å². The zero-order chi connectivity index (χ0) is 14.5. The van der Waals surface area contributed by atoms with E-state index in [1.54, 1.807) is 17.8 Å². The van der Waals surface area contributed by atoms with Gasteiger partial charge in [-0.05, 0) is 46.6 Å². The van der Waals surface area contributed by atoms with E-state index < -0.39 is 6.10 Å². The molecule has 1 N–H and O–H groups in total. The van der Waals surface area contributed by atoms with Gasteiger partial charge in [-0.25, -0.2) is 4.39 Å². The molecular formula is C16H16BrFOS. The Morgan fingerprint density at radius 1 is 1.20 bits per heavy atom. The highest BCUT2D eigenvalue weighted by Crippen LogP contribution is 2.24. The van der Waals surface area contributed by atoms with Gasteiger partial charge in [0, 0.05) is 17.1 Å². The van der Waals surface area contributed by atoms with Crippen molar-refractivity contribution in [2.24, 2.45) is 0 Å². The molecule has 0 amide bonds. The van der Waals surface area contributed by atoms with Crippen LogP contribution in [0.5, 0.6) is 0 Å². The minimum atomic E-state index is -0.501. The van der Waals surface area contributed by atoms with Gasteiger partial charge in [-0.2, -0.15) is 0 Å². The predicted molar refractivity (Wildman–Crippen MR) is 85.7 cm³/mol. The molecule has 0 radical (unpaired) electrons. The van der Waals surface area contributed by atoms with Crippen molar-refractivity contribution >= 4 is 27.7 Å². The summed E-state index contributed by atoms with van der Waals surface area (Å²) in [6.45, 7) is 2.05. The third-order valence-corrected chi connectivity index (χ3v) is 5.00. The fourth-order valence-corrected chi connectivity index (χ4v) is 3.10. The molecule has 0 saturated carbocycles. The Kier molecular flexibility index (Phi) is 5.64. The van der Waals surface area contributed by atoms with E-state index in [0.29, 0.717) is 16.6 Å². The zero-order valence-corrected chi connectivity index (χ0v) is 13.5. The molecule has 2 aromatic carbocycles. The molecule has 0 saturated heterocycles. The minimum absolute atomic E-state index is 0.291. The van der Waals surface area contributed by atoms with E-state index in [4.69, 9.17) is 0 Å². The van der Waals surface area contributed by atoms with Crippen LogP contribution in [-0.2, 0) is 6.42 Å². The van der Waals surface area contributed by atoms with Crippen molar-refractivity contribution < 1.29 is 9.50 Å². The highest BCUT2D eigenvalue weighted by atomic mass is 79.9. The second kappa shape index (κ2) is 7.25. The van der Waals surface area contributed by atoms with Crippen molar-refractivity contribution in [2.45, 2.75) is 24.3 Å². The molecule has 4 heteroatoms. The van der Waals surface area contributed by atoms with Gasteiger partial charge in [0.2, 0.25) is 0 Å². The van der Waals surface area contributed by atoms with E-state index in [0.717, 1.165) is 10.5 Å². The maximum Gasteiger partial charge on any atom is 0.137 e. The van der Waals surface area contributed by atoms with Gasteiger partial charge in [0.05, 0.1) is 10.6 Å². The molecule has 0 aliphatic rings. The van der Waals surface area contributed by atoms with Crippen molar-refractivity contribution in [3.05, 3.63) is 63.9 Å². The third kappa shape index (κ3) is 4.33. The zero-order valence-electron chi connectivity index (χ0n) is 11.1. The number of aliphatic hydroxyl groups is 1. The van der Waals surface area contributed by atoms with Gasteiger partial charge in [-0.1, -0.05) is 29.8 Å². The number of aryl methyl sites for hydroxylation is 1. The first-order chi connectivity index (χ1) is 9.56. The number of aliphatic hydroxyl groups excluding tert-OH is 1. The summed E-state index contributed by atoms with van der Waals surface area (Å²) in [6, 6.07) is 13.1. The Labute approximate surface area is 131 Å². The average Bonchev–Trinajstić information content (AvgIpc) is 2.43. The van der Waals surface area contributed by atoms with Crippen LogP contribution in [0.1, 0.15) is 11.1 Å². The maximum absolute atomic E-state index is 13.4. The number of thioether (sulfide) groups is 1. The van der Waals surface area contributed by atoms with Crippen LogP contribution in [-0.4, -0.2) is 17.0 Å². The second-order valence-corrected chi connectivity index (χ2v) is 6.58. The first-order valence-corrected chi connectivity index (χ1v) is 8.14. The van der Waals surface area contributed by atoms with Crippen molar-refractivity contribution in [3.8, 4) is 0 Å². The van der Waals surface area contributed by atoms with Crippen LogP contribution >= 0.6 is 27.7 Å². The lowest BCUT2D eigenvalue weighted by Gasteiger charge is -2.12. The van der Waals surface area contributed by atoms with Crippen LogP contribution in [0.25, 0.3) is 0 Å². The molecule has 0 fully saturated rings. The first-order valence-electron chi connectivity index (χ1n) is 6.36. The highest BCUT2D eigenvalue weighted by molar-refractivity contribution is 9.10. The number of halogens is 2. The lowest BCUT2D eigenvalue weighted by molar-refractivity contribution is 0.200. The molecule has 2 aromatic rings. The lowest BCUT2D eigenvalue weighted by atomic mass is 10.1. The summed E-state index contributed by atoms with van der Waals surface area (Å²) in [5, 5.41) is 10.1. The van der Waals surface area contributed by atoms with Crippen LogP contribution in [0.4, 0.5) is 4.39 Å². The summed E-state index contributed by atoms with van der Waals surface area (Å²) in [5.74, 6) is 0.298.